The van der Waals surface area contributed by atoms with Crippen LogP contribution in [0.15, 0.2) is 47.2 Å². The number of para-hydroxylation sites is 1. The first-order chi connectivity index (χ1) is 11.1. The monoisotopic (exact) mass is 374 g/mol. The van der Waals surface area contributed by atoms with Crippen molar-refractivity contribution in [2.45, 2.75) is 0 Å². The van der Waals surface area contributed by atoms with Gasteiger partial charge in [0.1, 0.15) is 0 Å². The summed E-state index contributed by atoms with van der Waals surface area (Å²) in [6.45, 7) is 3.34. The molecule has 1 aliphatic heterocycles. The van der Waals surface area contributed by atoms with Crippen LogP contribution in [-0.2, 0) is 0 Å². The van der Waals surface area contributed by atoms with E-state index in [0.29, 0.717) is 5.56 Å². The van der Waals surface area contributed by atoms with Crippen molar-refractivity contribution in [1.29, 1.82) is 0 Å². The predicted octanol–water partition coefficient (Wildman–Crippen LogP) is 2.98. The van der Waals surface area contributed by atoms with Crippen LogP contribution < -0.4 is 5.32 Å². The second kappa shape index (κ2) is 7.10. The Hall–Kier alpha value is -1.92. The van der Waals surface area contributed by atoms with Gasteiger partial charge in [0.15, 0.2) is 0 Å². The normalized spacial score (nSPS) is 15.5. The Bertz CT molecular complexity index is 698. The van der Waals surface area contributed by atoms with E-state index >= 15 is 0 Å². The molecule has 0 spiro atoms. The Morgan fingerprint density at radius 3 is 2.65 bits per heavy atom. The van der Waals surface area contributed by atoms with Gasteiger partial charge < -0.3 is 15.1 Å². The highest BCUT2D eigenvalue weighted by Crippen LogP contribution is 2.25. The zero-order valence-electron chi connectivity index (χ0n) is 13.0. The van der Waals surface area contributed by atoms with E-state index in [-0.39, 0.29) is 5.91 Å². The number of nitrogens with zero attached hydrogens (tertiary/aromatic N) is 3. The second-order valence-corrected chi connectivity index (χ2v) is 6.52. The van der Waals surface area contributed by atoms with Crippen molar-refractivity contribution < 1.29 is 4.79 Å². The summed E-state index contributed by atoms with van der Waals surface area (Å²) in [4.78, 5) is 20.9. The quantitative estimate of drug-likeness (QED) is 0.896. The number of rotatable bonds is 3. The average molecular weight is 375 g/mol. The maximum atomic E-state index is 12.6. The number of carbonyl (C=O) groups excluding carboxylic acids is 1. The van der Waals surface area contributed by atoms with E-state index in [1.807, 2.05) is 35.2 Å². The van der Waals surface area contributed by atoms with Gasteiger partial charge >= 0.3 is 0 Å². The fraction of sp³-hybridized carbons (Fsp3) is 0.294. The molecule has 23 heavy (non-hydrogen) atoms. The van der Waals surface area contributed by atoms with Gasteiger partial charge in [0, 0.05) is 36.8 Å². The van der Waals surface area contributed by atoms with Crippen molar-refractivity contribution in [1.82, 2.24) is 14.8 Å². The maximum Gasteiger partial charge on any atom is 0.255 e. The van der Waals surface area contributed by atoms with Crippen LogP contribution in [0.5, 0.6) is 0 Å². The van der Waals surface area contributed by atoms with Crippen LogP contribution in [0.25, 0.3) is 0 Å². The topological polar surface area (TPSA) is 48.5 Å². The Morgan fingerprint density at radius 2 is 1.91 bits per heavy atom. The highest BCUT2D eigenvalue weighted by atomic mass is 79.9. The number of anilines is 2. The molecule has 3 rings (SSSR count). The number of hydrogen-bond donors (Lipinski definition) is 1. The van der Waals surface area contributed by atoms with Gasteiger partial charge in [-0.3, -0.25) is 9.78 Å². The number of piperazine rings is 1. The van der Waals surface area contributed by atoms with E-state index in [9.17, 15) is 4.79 Å². The Kier molecular flexibility index (Phi) is 4.93. The summed E-state index contributed by atoms with van der Waals surface area (Å²) < 4.78 is 0.968. The third kappa shape index (κ3) is 3.89. The van der Waals surface area contributed by atoms with Crippen LogP contribution in [0, 0.1) is 0 Å². The van der Waals surface area contributed by atoms with E-state index in [1.54, 1.807) is 12.4 Å². The second-order valence-electron chi connectivity index (χ2n) is 5.66. The smallest absolute Gasteiger partial charge is 0.255 e. The molecule has 0 bridgehead atoms. The summed E-state index contributed by atoms with van der Waals surface area (Å²) in [5.74, 6) is 0.0429. The standard InChI is InChI=1S/C17H19BrN4O/c1-21-6-8-22(9-7-21)17(23)13-10-14(12-19-11-13)20-16-5-3-2-4-15(16)18/h2-5,10-12,20H,6-9H2,1H3. The van der Waals surface area contributed by atoms with E-state index in [4.69, 9.17) is 0 Å². The summed E-state index contributed by atoms with van der Waals surface area (Å²) >= 11 is 3.51. The summed E-state index contributed by atoms with van der Waals surface area (Å²) in [7, 11) is 2.08. The summed E-state index contributed by atoms with van der Waals surface area (Å²) in [6.07, 6.45) is 3.35. The fourth-order valence-corrected chi connectivity index (χ4v) is 2.92. The summed E-state index contributed by atoms with van der Waals surface area (Å²) in [6, 6.07) is 9.71. The van der Waals surface area contributed by atoms with Crippen LogP contribution in [0.3, 0.4) is 0 Å². The molecule has 120 valence electrons. The lowest BCUT2D eigenvalue weighted by Crippen LogP contribution is -2.47. The first kappa shape index (κ1) is 16.0. The number of nitrogens with one attached hydrogen (secondary N) is 1. The number of benzene rings is 1. The number of amides is 1. The summed E-state index contributed by atoms with van der Waals surface area (Å²) in [5.41, 5.74) is 2.36. The van der Waals surface area contributed by atoms with E-state index in [2.05, 4.69) is 38.2 Å². The largest absolute Gasteiger partial charge is 0.353 e. The van der Waals surface area contributed by atoms with Gasteiger partial charge in [-0.2, -0.15) is 0 Å². The Balaban J connectivity index is 1.75. The molecule has 1 aliphatic rings. The number of hydrogen-bond acceptors (Lipinski definition) is 4. The van der Waals surface area contributed by atoms with E-state index in [0.717, 1.165) is 42.0 Å². The van der Waals surface area contributed by atoms with Crippen molar-refractivity contribution in [3.63, 3.8) is 0 Å². The van der Waals surface area contributed by atoms with Crippen LogP contribution >= 0.6 is 15.9 Å². The minimum absolute atomic E-state index is 0.0429. The minimum Gasteiger partial charge on any atom is -0.353 e. The van der Waals surface area contributed by atoms with Crippen LogP contribution in [0.4, 0.5) is 11.4 Å². The lowest BCUT2D eigenvalue weighted by molar-refractivity contribution is 0.0663. The molecule has 0 unspecified atom stereocenters. The van der Waals surface area contributed by atoms with Crippen LogP contribution in [0.2, 0.25) is 0 Å². The predicted molar refractivity (Wildman–Crippen MR) is 95.1 cm³/mol. The molecule has 0 radical (unpaired) electrons. The number of pyridine rings is 1. The maximum absolute atomic E-state index is 12.6. The molecule has 5 nitrogen and oxygen atoms in total. The van der Waals surface area contributed by atoms with Crippen LogP contribution in [0.1, 0.15) is 10.4 Å². The Labute approximate surface area is 144 Å². The summed E-state index contributed by atoms with van der Waals surface area (Å²) in [5, 5.41) is 3.29. The molecule has 6 heteroatoms. The van der Waals surface area contributed by atoms with Gasteiger partial charge in [0.25, 0.3) is 5.91 Å². The number of likely N-dealkylation sites (N-methyl/N-ethyl adjacent to an activating group) is 1. The van der Waals surface area contributed by atoms with Gasteiger partial charge in [0.05, 0.1) is 23.1 Å². The first-order valence-corrected chi connectivity index (χ1v) is 8.37. The minimum atomic E-state index is 0.0429. The molecule has 2 aromatic rings. The molecule has 1 aromatic carbocycles. The van der Waals surface area contributed by atoms with Crippen molar-refractivity contribution in [3.8, 4) is 0 Å². The number of aromatic nitrogens is 1. The van der Waals surface area contributed by atoms with E-state index < -0.39 is 0 Å². The molecule has 1 N–H and O–H groups in total. The van der Waals surface area contributed by atoms with Crippen molar-refractivity contribution >= 4 is 33.2 Å². The molecule has 0 saturated carbocycles. The zero-order valence-corrected chi connectivity index (χ0v) is 14.6. The molecule has 1 amide bonds. The third-order valence-electron chi connectivity index (χ3n) is 3.93. The van der Waals surface area contributed by atoms with Gasteiger partial charge in [-0.1, -0.05) is 12.1 Å². The molecule has 0 aliphatic carbocycles. The SMILES string of the molecule is CN1CCN(C(=O)c2cncc(Nc3ccccc3Br)c2)CC1. The average Bonchev–Trinajstić information content (AvgIpc) is 2.57. The molecule has 2 heterocycles. The molecule has 1 aromatic heterocycles. The molecule has 0 atom stereocenters. The number of carbonyl (C=O) groups is 1. The third-order valence-corrected chi connectivity index (χ3v) is 4.62. The zero-order chi connectivity index (χ0) is 16.2. The Morgan fingerprint density at radius 1 is 1.17 bits per heavy atom. The lowest BCUT2D eigenvalue weighted by Gasteiger charge is -2.32. The highest BCUT2D eigenvalue weighted by Gasteiger charge is 2.20. The fourth-order valence-electron chi connectivity index (χ4n) is 2.54. The van der Waals surface area contributed by atoms with Gasteiger partial charge in [0.2, 0.25) is 0 Å². The highest BCUT2D eigenvalue weighted by molar-refractivity contribution is 9.10. The van der Waals surface area contributed by atoms with E-state index in [1.165, 1.54) is 0 Å². The van der Waals surface area contributed by atoms with Gasteiger partial charge in [-0.15, -0.1) is 0 Å². The van der Waals surface area contributed by atoms with Crippen molar-refractivity contribution in [2.24, 2.45) is 0 Å². The molecule has 1 saturated heterocycles. The van der Waals surface area contributed by atoms with Crippen LogP contribution in [-0.4, -0.2) is 53.9 Å². The van der Waals surface area contributed by atoms with Crippen molar-refractivity contribution in [2.75, 3.05) is 38.5 Å². The molecule has 1 fully saturated rings. The molecular formula is C17H19BrN4O. The molecular weight excluding hydrogens is 356 g/mol. The van der Waals surface area contributed by atoms with Crippen molar-refractivity contribution in [3.05, 3.63) is 52.8 Å². The number of halogens is 1. The van der Waals surface area contributed by atoms with Gasteiger partial charge in [-0.25, -0.2) is 0 Å². The first-order valence-electron chi connectivity index (χ1n) is 7.58. The van der Waals surface area contributed by atoms with Gasteiger partial charge in [-0.05, 0) is 41.2 Å². The lowest BCUT2D eigenvalue weighted by atomic mass is 10.2.